The molecule has 1 atom stereocenters. The number of nitrogens with one attached hydrogen (secondary N) is 1. The Bertz CT molecular complexity index is 493. The molecular weight excluding hydrogens is 250 g/mol. The number of benzene rings is 1. The number of hydrogen-bond acceptors (Lipinski definition) is 2. The van der Waals surface area contributed by atoms with Crippen molar-refractivity contribution < 1.29 is 0 Å². The predicted octanol–water partition coefficient (Wildman–Crippen LogP) is 3.68. The van der Waals surface area contributed by atoms with Crippen molar-refractivity contribution in [3.63, 3.8) is 0 Å². The van der Waals surface area contributed by atoms with Gasteiger partial charge in [0.25, 0.3) is 0 Å². The van der Waals surface area contributed by atoms with Crippen LogP contribution in [0, 0.1) is 5.92 Å². The van der Waals surface area contributed by atoms with Gasteiger partial charge in [-0.05, 0) is 65.2 Å². The minimum Gasteiger partial charge on any atom is -0.314 e. The molecule has 1 unspecified atom stereocenters. The van der Waals surface area contributed by atoms with Gasteiger partial charge in [0.1, 0.15) is 0 Å². The minimum atomic E-state index is 0.604. The quantitative estimate of drug-likeness (QED) is 0.874. The van der Waals surface area contributed by atoms with Crippen LogP contribution >= 0.6 is 11.3 Å². The van der Waals surface area contributed by atoms with E-state index in [1.54, 1.807) is 22.5 Å². The topological polar surface area (TPSA) is 12.0 Å². The standard InChI is InChI=1S/C17H21NS/c1-2-18-17(9-13-7-8-19-12-13)16-10-14-5-3-4-6-15(14)11-16/h3-8,12,16-18H,2,9-11H2,1H3. The van der Waals surface area contributed by atoms with E-state index in [1.807, 2.05) is 0 Å². The Hall–Kier alpha value is -1.12. The van der Waals surface area contributed by atoms with E-state index in [0.717, 1.165) is 18.9 Å². The maximum Gasteiger partial charge on any atom is 0.0142 e. The fourth-order valence-electron chi connectivity index (χ4n) is 3.21. The van der Waals surface area contributed by atoms with Crippen molar-refractivity contribution in [3.8, 4) is 0 Å². The fraction of sp³-hybridized carbons (Fsp3) is 0.412. The van der Waals surface area contributed by atoms with Crippen molar-refractivity contribution in [3.05, 3.63) is 57.8 Å². The van der Waals surface area contributed by atoms with E-state index in [-0.39, 0.29) is 0 Å². The van der Waals surface area contributed by atoms with Crippen molar-refractivity contribution in [1.29, 1.82) is 0 Å². The molecule has 0 aliphatic heterocycles. The van der Waals surface area contributed by atoms with Crippen molar-refractivity contribution in [2.75, 3.05) is 6.54 Å². The predicted molar refractivity (Wildman–Crippen MR) is 82.8 cm³/mol. The lowest BCUT2D eigenvalue weighted by Crippen LogP contribution is -2.38. The van der Waals surface area contributed by atoms with Crippen LogP contribution in [0.1, 0.15) is 23.6 Å². The van der Waals surface area contributed by atoms with Crippen molar-refractivity contribution in [2.45, 2.75) is 32.2 Å². The van der Waals surface area contributed by atoms with Crippen LogP contribution < -0.4 is 5.32 Å². The molecule has 100 valence electrons. The molecule has 1 aliphatic rings. The molecule has 1 aliphatic carbocycles. The van der Waals surface area contributed by atoms with E-state index < -0.39 is 0 Å². The lowest BCUT2D eigenvalue weighted by molar-refractivity contribution is 0.368. The second-order valence-electron chi connectivity index (χ2n) is 5.44. The molecular formula is C17H21NS. The number of hydrogen-bond donors (Lipinski definition) is 1. The molecule has 0 radical (unpaired) electrons. The highest BCUT2D eigenvalue weighted by Gasteiger charge is 2.28. The SMILES string of the molecule is CCNC(Cc1ccsc1)C1Cc2ccccc2C1. The van der Waals surface area contributed by atoms with E-state index in [0.29, 0.717) is 6.04 Å². The summed E-state index contributed by atoms with van der Waals surface area (Å²) in [5, 5.41) is 8.17. The molecule has 0 spiro atoms. The van der Waals surface area contributed by atoms with Gasteiger partial charge in [-0.3, -0.25) is 0 Å². The Balaban J connectivity index is 1.72. The van der Waals surface area contributed by atoms with Crippen LogP contribution in [0.15, 0.2) is 41.1 Å². The van der Waals surface area contributed by atoms with Crippen LogP contribution in [-0.4, -0.2) is 12.6 Å². The molecule has 1 nitrogen and oxygen atoms in total. The Morgan fingerprint density at radius 2 is 1.95 bits per heavy atom. The summed E-state index contributed by atoms with van der Waals surface area (Å²) in [7, 11) is 0. The third kappa shape index (κ3) is 2.90. The van der Waals surface area contributed by atoms with Gasteiger partial charge in [0.05, 0.1) is 0 Å². The van der Waals surface area contributed by atoms with Gasteiger partial charge in [0.15, 0.2) is 0 Å². The second kappa shape index (κ2) is 5.89. The smallest absolute Gasteiger partial charge is 0.0142 e. The van der Waals surface area contributed by atoms with E-state index in [1.165, 1.54) is 18.4 Å². The Morgan fingerprint density at radius 1 is 1.21 bits per heavy atom. The van der Waals surface area contributed by atoms with Gasteiger partial charge in [-0.1, -0.05) is 31.2 Å². The van der Waals surface area contributed by atoms with Gasteiger partial charge in [0.2, 0.25) is 0 Å². The third-order valence-corrected chi connectivity index (χ3v) is 4.89. The molecule has 2 heteroatoms. The van der Waals surface area contributed by atoms with Gasteiger partial charge >= 0.3 is 0 Å². The Labute approximate surface area is 119 Å². The molecule has 1 aromatic heterocycles. The average molecular weight is 271 g/mol. The lowest BCUT2D eigenvalue weighted by Gasteiger charge is -2.24. The molecule has 0 saturated carbocycles. The van der Waals surface area contributed by atoms with Crippen molar-refractivity contribution >= 4 is 11.3 Å². The number of rotatable bonds is 5. The first-order chi connectivity index (χ1) is 9.36. The zero-order valence-corrected chi connectivity index (χ0v) is 12.2. The summed E-state index contributed by atoms with van der Waals surface area (Å²) in [6.07, 6.45) is 3.63. The van der Waals surface area contributed by atoms with E-state index in [4.69, 9.17) is 0 Å². The van der Waals surface area contributed by atoms with Crippen LogP contribution in [0.4, 0.5) is 0 Å². The van der Waals surface area contributed by atoms with Crippen LogP contribution in [-0.2, 0) is 19.3 Å². The van der Waals surface area contributed by atoms with E-state index >= 15 is 0 Å². The van der Waals surface area contributed by atoms with Crippen LogP contribution in [0.25, 0.3) is 0 Å². The largest absolute Gasteiger partial charge is 0.314 e. The molecule has 0 saturated heterocycles. The maximum absolute atomic E-state index is 3.70. The van der Waals surface area contributed by atoms with Crippen molar-refractivity contribution in [2.24, 2.45) is 5.92 Å². The van der Waals surface area contributed by atoms with Crippen LogP contribution in [0.5, 0.6) is 0 Å². The number of fused-ring (bicyclic) bond motifs is 1. The number of likely N-dealkylation sites (N-methyl/N-ethyl adjacent to an activating group) is 1. The highest BCUT2D eigenvalue weighted by molar-refractivity contribution is 7.07. The highest BCUT2D eigenvalue weighted by atomic mass is 32.1. The molecule has 2 aromatic rings. The summed E-state index contributed by atoms with van der Waals surface area (Å²) >= 11 is 1.80. The maximum atomic E-state index is 3.70. The molecule has 0 amide bonds. The first-order valence-electron chi connectivity index (χ1n) is 7.18. The molecule has 0 fully saturated rings. The first kappa shape index (κ1) is 12.9. The van der Waals surface area contributed by atoms with E-state index in [2.05, 4.69) is 53.3 Å². The fourth-order valence-corrected chi connectivity index (χ4v) is 3.89. The molecule has 1 N–H and O–H groups in total. The van der Waals surface area contributed by atoms with Crippen LogP contribution in [0.2, 0.25) is 0 Å². The van der Waals surface area contributed by atoms with Gasteiger partial charge in [-0.25, -0.2) is 0 Å². The first-order valence-corrected chi connectivity index (χ1v) is 8.12. The monoisotopic (exact) mass is 271 g/mol. The van der Waals surface area contributed by atoms with Gasteiger partial charge in [-0.15, -0.1) is 0 Å². The molecule has 1 aromatic carbocycles. The van der Waals surface area contributed by atoms with Gasteiger partial charge in [-0.2, -0.15) is 11.3 Å². The summed E-state index contributed by atoms with van der Waals surface area (Å²) in [5.41, 5.74) is 4.59. The van der Waals surface area contributed by atoms with Gasteiger partial charge in [0, 0.05) is 6.04 Å². The zero-order chi connectivity index (χ0) is 13.1. The summed E-state index contributed by atoms with van der Waals surface area (Å²) < 4.78 is 0. The third-order valence-electron chi connectivity index (χ3n) is 4.15. The molecule has 0 bridgehead atoms. The lowest BCUT2D eigenvalue weighted by atomic mass is 9.92. The Morgan fingerprint density at radius 3 is 2.53 bits per heavy atom. The van der Waals surface area contributed by atoms with Crippen LogP contribution in [0.3, 0.4) is 0 Å². The summed E-state index contributed by atoms with van der Waals surface area (Å²) in [5.74, 6) is 0.747. The summed E-state index contributed by atoms with van der Waals surface area (Å²) in [4.78, 5) is 0. The Kier molecular flexibility index (Phi) is 4.00. The van der Waals surface area contributed by atoms with E-state index in [9.17, 15) is 0 Å². The summed E-state index contributed by atoms with van der Waals surface area (Å²) in [6, 6.07) is 11.8. The highest BCUT2D eigenvalue weighted by Crippen LogP contribution is 2.30. The second-order valence-corrected chi connectivity index (χ2v) is 6.22. The normalized spacial score (nSPS) is 16.5. The molecule has 3 rings (SSSR count). The van der Waals surface area contributed by atoms with Crippen molar-refractivity contribution in [1.82, 2.24) is 5.32 Å². The summed E-state index contributed by atoms with van der Waals surface area (Å²) in [6.45, 7) is 3.27. The molecule has 19 heavy (non-hydrogen) atoms. The minimum absolute atomic E-state index is 0.604. The number of thiophene rings is 1. The zero-order valence-electron chi connectivity index (χ0n) is 11.4. The molecule has 1 heterocycles. The van der Waals surface area contributed by atoms with Gasteiger partial charge < -0.3 is 5.32 Å². The average Bonchev–Trinajstić information content (AvgIpc) is 3.06.